The molecule has 0 bridgehead atoms. The third-order valence-electron chi connectivity index (χ3n) is 19.3. The van der Waals surface area contributed by atoms with E-state index in [1.54, 1.807) is 12.8 Å². The lowest BCUT2D eigenvalue weighted by Gasteiger charge is -2.48. The number of nitrogens with zero attached hydrogens (tertiary/aromatic N) is 1. The van der Waals surface area contributed by atoms with Crippen LogP contribution in [0.15, 0.2) is 47.6 Å². The molecule has 55 heavy (non-hydrogen) atoms. The van der Waals surface area contributed by atoms with Crippen molar-refractivity contribution in [3.05, 3.63) is 47.6 Å². The second kappa shape index (κ2) is 16.9. The van der Waals surface area contributed by atoms with Crippen LogP contribution in [0.3, 0.4) is 0 Å². The number of likely N-dealkylation sites (tertiary alicyclic amines) is 1. The van der Waals surface area contributed by atoms with Gasteiger partial charge in [0.15, 0.2) is 0 Å². The molecule has 16 unspecified atom stereocenters. The van der Waals surface area contributed by atoms with Crippen LogP contribution in [-0.2, 0) is 0 Å². The molecule has 7 saturated carbocycles. The van der Waals surface area contributed by atoms with Gasteiger partial charge in [-0.15, -0.1) is 0 Å². The molecule has 304 valence electrons. The van der Waals surface area contributed by atoms with Gasteiger partial charge < -0.3 is 0 Å². The van der Waals surface area contributed by atoms with Crippen LogP contribution < -0.4 is 0 Å². The van der Waals surface area contributed by atoms with E-state index in [0.29, 0.717) is 0 Å². The van der Waals surface area contributed by atoms with Crippen molar-refractivity contribution in [3.63, 3.8) is 0 Å². The van der Waals surface area contributed by atoms with Gasteiger partial charge in [-0.25, -0.2) is 0 Å². The van der Waals surface area contributed by atoms with Crippen LogP contribution >= 0.6 is 0 Å². The van der Waals surface area contributed by atoms with Crippen molar-refractivity contribution in [3.8, 4) is 0 Å². The molecule has 0 aromatic heterocycles. The van der Waals surface area contributed by atoms with Gasteiger partial charge in [0.2, 0.25) is 0 Å². The average molecular weight is 746 g/mol. The van der Waals surface area contributed by atoms with Crippen molar-refractivity contribution in [2.24, 2.45) is 88.8 Å². The van der Waals surface area contributed by atoms with Crippen molar-refractivity contribution in [2.45, 2.75) is 193 Å². The summed E-state index contributed by atoms with van der Waals surface area (Å²) in [6, 6.07) is 1.71. The molecule has 9 aliphatic carbocycles. The van der Waals surface area contributed by atoms with E-state index < -0.39 is 0 Å². The maximum Gasteiger partial charge on any atom is 0.0130 e. The highest BCUT2D eigenvalue weighted by Gasteiger charge is 2.53. The second-order valence-electron chi connectivity index (χ2n) is 22.6. The normalized spacial score (nSPS) is 47.3. The molecule has 1 saturated heterocycles. The number of rotatable bonds is 4. The monoisotopic (exact) mass is 746 g/mol. The standard InChI is InChI=1S/C54H83N/c1-36(2)35-55-53-29-23-37(31-49-43-17-7-3-13-39(43)25-26-40-14-4-8-18-44(40)49)33-51(53)47-21-11-12-22-48(47)52-34-38(24-30-54(52)55)32-50-45-19-9-5-15-41(45)27-28-42-16-6-10-20-46(42)50/h25-28,31-32,36-48,51-54H,3-24,29-30,33-35H2,1-2H3. The summed E-state index contributed by atoms with van der Waals surface area (Å²) in [7, 11) is 0. The highest BCUT2D eigenvalue weighted by Crippen LogP contribution is 2.57. The minimum absolute atomic E-state index is 0.774. The summed E-state index contributed by atoms with van der Waals surface area (Å²) in [6.45, 7) is 6.46. The number of fused-ring (bicyclic) bond motifs is 9. The maximum absolute atomic E-state index is 3.29. The molecule has 8 fully saturated rings. The van der Waals surface area contributed by atoms with E-state index in [9.17, 15) is 0 Å². The first-order valence-corrected chi connectivity index (χ1v) is 25.6. The van der Waals surface area contributed by atoms with Crippen LogP contribution in [0.4, 0.5) is 0 Å². The van der Waals surface area contributed by atoms with Crippen LogP contribution in [0.5, 0.6) is 0 Å². The van der Waals surface area contributed by atoms with Crippen molar-refractivity contribution in [1.82, 2.24) is 4.90 Å². The first kappa shape index (κ1) is 38.1. The molecular weight excluding hydrogens is 663 g/mol. The van der Waals surface area contributed by atoms with Crippen LogP contribution in [0.1, 0.15) is 181 Å². The Hall–Kier alpha value is -1.08. The highest BCUT2D eigenvalue weighted by molar-refractivity contribution is 5.26. The van der Waals surface area contributed by atoms with E-state index in [1.807, 2.05) is 11.1 Å². The second-order valence-corrected chi connectivity index (χ2v) is 22.6. The fourth-order valence-electron chi connectivity index (χ4n) is 17.1. The molecule has 0 amide bonds. The quantitative estimate of drug-likeness (QED) is 0.259. The Kier molecular flexibility index (Phi) is 11.7. The molecule has 1 aliphatic heterocycles. The first-order valence-electron chi connectivity index (χ1n) is 25.6. The van der Waals surface area contributed by atoms with Crippen molar-refractivity contribution in [1.29, 1.82) is 0 Å². The van der Waals surface area contributed by atoms with Gasteiger partial charge in [0.25, 0.3) is 0 Å². The molecule has 1 heteroatoms. The molecule has 0 spiro atoms. The Morgan fingerprint density at radius 2 is 0.782 bits per heavy atom. The molecule has 10 rings (SSSR count). The molecule has 1 nitrogen and oxygen atoms in total. The minimum atomic E-state index is 0.774. The first-order chi connectivity index (χ1) is 27.1. The fourth-order valence-corrected chi connectivity index (χ4v) is 17.1. The largest absolute Gasteiger partial charge is 0.297 e. The zero-order chi connectivity index (χ0) is 36.9. The summed E-state index contributed by atoms with van der Waals surface area (Å²) in [6.07, 6.45) is 55.8. The van der Waals surface area contributed by atoms with E-state index in [1.165, 1.54) is 161 Å². The number of hydrogen-bond acceptors (Lipinski definition) is 1. The Bertz CT molecular complexity index is 1270. The zero-order valence-corrected chi connectivity index (χ0v) is 35.8. The van der Waals surface area contributed by atoms with E-state index >= 15 is 0 Å². The summed E-state index contributed by atoms with van der Waals surface area (Å²) in [4.78, 5) is 3.29. The van der Waals surface area contributed by atoms with Crippen molar-refractivity contribution >= 4 is 0 Å². The van der Waals surface area contributed by atoms with Crippen molar-refractivity contribution in [2.75, 3.05) is 6.54 Å². The van der Waals surface area contributed by atoms with E-state index in [2.05, 4.69) is 55.2 Å². The van der Waals surface area contributed by atoms with Gasteiger partial charge in [0.1, 0.15) is 0 Å². The van der Waals surface area contributed by atoms with E-state index in [0.717, 1.165) is 101 Å². The fraction of sp³-hybridized carbons (Fsp3) is 0.852. The molecule has 0 aromatic rings. The van der Waals surface area contributed by atoms with Crippen LogP contribution in [0, 0.1) is 88.8 Å². The molecule has 0 radical (unpaired) electrons. The highest BCUT2D eigenvalue weighted by atomic mass is 15.2. The lowest BCUT2D eigenvalue weighted by atomic mass is 9.59. The van der Waals surface area contributed by atoms with Crippen LogP contribution in [0.25, 0.3) is 0 Å². The third-order valence-corrected chi connectivity index (χ3v) is 19.3. The molecule has 1 heterocycles. The molecule has 16 atom stereocenters. The number of allylic oxidation sites excluding steroid dienone is 8. The Morgan fingerprint density at radius 1 is 0.436 bits per heavy atom. The predicted molar refractivity (Wildman–Crippen MR) is 232 cm³/mol. The van der Waals surface area contributed by atoms with Crippen LogP contribution in [0.2, 0.25) is 0 Å². The molecule has 0 N–H and O–H groups in total. The van der Waals surface area contributed by atoms with Gasteiger partial charge >= 0.3 is 0 Å². The molecule has 10 aliphatic rings. The summed E-state index contributed by atoms with van der Waals surface area (Å²) in [5, 5.41) is 0. The molecular formula is C54H83N. The molecule has 0 aromatic carbocycles. The number of hydrogen-bond donors (Lipinski definition) is 0. The minimum Gasteiger partial charge on any atom is -0.297 e. The van der Waals surface area contributed by atoms with Gasteiger partial charge in [-0.05, 0) is 192 Å². The average Bonchev–Trinajstić information content (AvgIpc) is 3.53. The smallest absolute Gasteiger partial charge is 0.0130 e. The van der Waals surface area contributed by atoms with Gasteiger partial charge in [-0.3, -0.25) is 4.90 Å². The summed E-state index contributed by atoms with van der Waals surface area (Å²) >= 11 is 0. The van der Waals surface area contributed by atoms with Gasteiger partial charge in [0, 0.05) is 18.6 Å². The SMILES string of the molecule is CC(C)CN1C2CCC(C=C3C4CCCCC4C=CC4CCCCC34)CC2C2CCCCC2C2CC(C=C3C4CCCCC4C=CC4CCCCC34)CCC21. The summed E-state index contributed by atoms with van der Waals surface area (Å²) in [5.74, 6) is 13.2. The Labute approximate surface area is 339 Å². The van der Waals surface area contributed by atoms with Crippen molar-refractivity contribution < 1.29 is 0 Å². The third kappa shape index (κ3) is 7.65. The lowest BCUT2D eigenvalue weighted by Crippen LogP contribution is -2.52. The van der Waals surface area contributed by atoms with E-state index in [4.69, 9.17) is 0 Å². The van der Waals surface area contributed by atoms with E-state index in [-0.39, 0.29) is 0 Å². The van der Waals surface area contributed by atoms with Gasteiger partial charge in [-0.2, -0.15) is 0 Å². The van der Waals surface area contributed by atoms with Crippen LogP contribution in [-0.4, -0.2) is 23.5 Å². The Morgan fingerprint density at radius 3 is 1.15 bits per heavy atom. The summed E-state index contributed by atoms with van der Waals surface area (Å²) < 4.78 is 0. The lowest BCUT2D eigenvalue weighted by molar-refractivity contribution is 0.0155. The maximum atomic E-state index is 3.29. The topological polar surface area (TPSA) is 3.24 Å². The van der Waals surface area contributed by atoms with Gasteiger partial charge in [0.05, 0.1) is 0 Å². The predicted octanol–water partition coefficient (Wildman–Crippen LogP) is 14.6. The Balaban J connectivity index is 0.950. The van der Waals surface area contributed by atoms with Gasteiger partial charge in [-0.1, -0.05) is 126 Å². The summed E-state index contributed by atoms with van der Waals surface area (Å²) in [5.41, 5.74) is 4.02. The zero-order valence-electron chi connectivity index (χ0n) is 35.8.